The van der Waals surface area contributed by atoms with Gasteiger partial charge >= 0.3 is 0 Å². The first kappa shape index (κ1) is 39.7. The summed E-state index contributed by atoms with van der Waals surface area (Å²) in [5, 5.41) is 29.0. The van der Waals surface area contributed by atoms with Gasteiger partial charge in [-0.3, -0.25) is 0 Å². The van der Waals surface area contributed by atoms with Gasteiger partial charge in [0.05, 0.1) is 33.4 Å². The lowest BCUT2D eigenvalue weighted by Gasteiger charge is -2.38. The van der Waals surface area contributed by atoms with Crippen LogP contribution in [-0.2, 0) is 0 Å². The van der Waals surface area contributed by atoms with Crippen LogP contribution in [0.2, 0.25) is 0 Å². The quantitative estimate of drug-likeness (QED) is 0.144. The second-order valence-corrected chi connectivity index (χ2v) is 17.4. The van der Waals surface area contributed by atoms with Gasteiger partial charge in [0, 0.05) is 49.2 Å². The van der Waals surface area contributed by atoms with E-state index in [1.165, 1.54) is 0 Å². The van der Waals surface area contributed by atoms with Gasteiger partial charge < -0.3 is 28.8 Å². The first-order valence-electron chi connectivity index (χ1n) is 21.7. The molecule has 2 heterocycles. The van der Waals surface area contributed by atoms with Crippen LogP contribution in [0.25, 0.3) is 77.2 Å². The van der Waals surface area contributed by atoms with Crippen molar-refractivity contribution in [3.63, 3.8) is 0 Å². The Hall–Kier alpha value is -7.44. The minimum Gasteiger partial charge on any atom is -0.505 e. The van der Waals surface area contributed by atoms with Crippen LogP contribution < -0.4 is 9.47 Å². The number of aromatic nitrogens is 2. The number of benzene rings is 8. The summed E-state index contributed by atoms with van der Waals surface area (Å²) in [5.41, 5.74) is 10.1. The molecule has 6 nitrogen and oxygen atoms in total. The second kappa shape index (κ2) is 15.5. The van der Waals surface area contributed by atoms with Crippen molar-refractivity contribution in [1.82, 2.24) is 9.13 Å². The lowest BCUT2D eigenvalue weighted by molar-refractivity contribution is -0.00280. The Labute approximate surface area is 367 Å². The van der Waals surface area contributed by atoms with Crippen LogP contribution >= 0.6 is 0 Å². The van der Waals surface area contributed by atoms with Crippen LogP contribution in [0, 0.1) is 19.3 Å². The molecule has 0 fully saturated rings. The van der Waals surface area contributed by atoms with E-state index in [-0.39, 0.29) is 23.7 Å². The molecule has 0 radical (unpaired) electrons. The van der Waals surface area contributed by atoms with Crippen LogP contribution in [0.4, 0.5) is 0 Å². The van der Waals surface area contributed by atoms with Crippen LogP contribution in [0.5, 0.6) is 23.0 Å². The van der Waals surface area contributed by atoms with E-state index in [1.807, 2.05) is 97.1 Å². The van der Waals surface area contributed by atoms with Crippen molar-refractivity contribution < 1.29 is 19.7 Å². The van der Waals surface area contributed by atoms with Gasteiger partial charge in [0.1, 0.15) is 35.2 Å². The van der Waals surface area contributed by atoms with E-state index in [0.29, 0.717) is 34.0 Å². The third-order valence-electron chi connectivity index (χ3n) is 13.2. The molecule has 63 heavy (non-hydrogen) atoms. The molecule has 6 heteroatoms. The average molecular weight is 827 g/mol. The maximum Gasteiger partial charge on any atom is 0.147 e. The smallest absolute Gasteiger partial charge is 0.147 e. The second-order valence-electron chi connectivity index (χ2n) is 17.4. The van der Waals surface area contributed by atoms with Gasteiger partial charge in [0.2, 0.25) is 0 Å². The number of fused-ring (bicyclic) bond motifs is 6. The molecule has 0 aliphatic rings. The summed E-state index contributed by atoms with van der Waals surface area (Å²) in [4.78, 5) is 0. The summed E-state index contributed by atoms with van der Waals surface area (Å²) < 4.78 is 18.2. The minimum absolute atomic E-state index is 0.184. The summed E-state index contributed by atoms with van der Waals surface area (Å²) in [6, 6.07) is 57.3. The topological polar surface area (TPSA) is 68.8 Å². The molecule has 2 N–H and O–H groups in total. The third kappa shape index (κ3) is 6.65. The third-order valence-corrected chi connectivity index (χ3v) is 13.2. The molecule has 10 rings (SSSR count). The van der Waals surface area contributed by atoms with Gasteiger partial charge in [0.25, 0.3) is 0 Å². The number of nitrogens with zero attached hydrogens (tertiary/aromatic N) is 2. The van der Waals surface area contributed by atoms with E-state index in [4.69, 9.17) is 9.47 Å². The predicted molar refractivity (Wildman–Crippen MR) is 259 cm³/mol. The Morgan fingerprint density at radius 3 is 1.06 bits per heavy atom. The molecular formula is C57H50N2O4. The maximum absolute atomic E-state index is 12.2. The van der Waals surface area contributed by atoms with Gasteiger partial charge in [-0.25, -0.2) is 0 Å². The molecule has 2 atom stereocenters. The molecule has 1 unspecified atom stereocenters. The summed E-state index contributed by atoms with van der Waals surface area (Å²) >= 11 is 0. The summed E-state index contributed by atoms with van der Waals surface area (Å²) in [7, 11) is 0. The zero-order chi connectivity index (χ0) is 43.6. The molecule has 10 aromatic rings. The molecule has 312 valence electrons. The number of para-hydroxylation sites is 6. The molecule has 0 bridgehead atoms. The molecule has 0 aliphatic heterocycles. The van der Waals surface area contributed by atoms with Crippen LogP contribution in [0.3, 0.4) is 0 Å². The normalized spacial score (nSPS) is 12.9. The van der Waals surface area contributed by atoms with Crippen molar-refractivity contribution in [3.05, 3.63) is 181 Å². The van der Waals surface area contributed by atoms with Gasteiger partial charge in [-0.15, -0.1) is 0 Å². The highest BCUT2D eigenvalue weighted by molar-refractivity contribution is 6.10. The van der Waals surface area contributed by atoms with Crippen molar-refractivity contribution in [1.29, 1.82) is 0 Å². The van der Waals surface area contributed by atoms with Gasteiger partial charge in [0.15, 0.2) is 0 Å². The number of hydrogen-bond acceptors (Lipinski definition) is 4. The first-order valence-corrected chi connectivity index (χ1v) is 21.7. The highest BCUT2D eigenvalue weighted by Gasteiger charge is 2.37. The van der Waals surface area contributed by atoms with Gasteiger partial charge in [-0.05, 0) is 99.5 Å². The van der Waals surface area contributed by atoms with Crippen LogP contribution in [0.1, 0.15) is 38.8 Å². The molecule has 0 spiro atoms. The monoisotopic (exact) mass is 826 g/mol. The number of hydrogen-bond donors (Lipinski definition) is 2. The van der Waals surface area contributed by atoms with Crippen molar-refractivity contribution in [3.8, 4) is 56.6 Å². The summed E-state index contributed by atoms with van der Waals surface area (Å²) in [6.45, 7) is 12.6. The van der Waals surface area contributed by atoms with E-state index >= 15 is 0 Å². The van der Waals surface area contributed by atoms with Crippen LogP contribution in [-0.4, -0.2) is 31.6 Å². The molecule has 0 saturated carbocycles. The predicted octanol–water partition coefficient (Wildman–Crippen LogP) is 14.5. The first-order chi connectivity index (χ1) is 30.5. The minimum atomic E-state index is -0.508. The lowest BCUT2D eigenvalue weighted by atomic mass is 9.82. The Kier molecular flexibility index (Phi) is 9.75. The summed E-state index contributed by atoms with van der Waals surface area (Å²) in [5.74, 6) is 1.71. The van der Waals surface area contributed by atoms with E-state index in [2.05, 4.69) is 123 Å². The van der Waals surface area contributed by atoms with E-state index in [1.54, 1.807) is 0 Å². The number of phenols is 2. The number of aryl methyl sites for hydroxylation is 2. The molecule has 0 aliphatic carbocycles. The van der Waals surface area contributed by atoms with Gasteiger partial charge in [-0.1, -0.05) is 123 Å². The number of aromatic hydroxyl groups is 2. The van der Waals surface area contributed by atoms with Crippen molar-refractivity contribution in [2.24, 2.45) is 5.41 Å². The van der Waals surface area contributed by atoms with E-state index in [9.17, 15) is 10.2 Å². The maximum atomic E-state index is 12.2. The number of phenolic OH excluding ortho intramolecular Hbond substituents is 2. The Morgan fingerprint density at radius 1 is 0.413 bits per heavy atom. The lowest BCUT2D eigenvalue weighted by Crippen LogP contribution is -2.43. The number of rotatable bonds is 10. The Bertz CT molecular complexity index is 3040. The highest BCUT2D eigenvalue weighted by Crippen LogP contribution is 2.46. The van der Waals surface area contributed by atoms with Crippen molar-refractivity contribution >= 4 is 43.6 Å². The van der Waals surface area contributed by atoms with Crippen LogP contribution in [0.15, 0.2) is 170 Å². The SMILES string of the molecule is Cc1cc(-c2ccccc2OC(C)C(C)(C)[C@@H](C)Oc2ccccc2-c2cc(C)cc(-n3c4ccccc4c4ccccc43)c2O)c(O)c(-n2c3ccccc3c3ccccc32)c1. The average Bonchev–Trinajstić information content (AvgIpc) is 3.81. The molecular weight excluding hydrogens is 777 g/mol. The van der Waals surface area contributed by atoms with E-state index < -0.39 is 5.41 Å². The number of ether oxygens (including phenoxy) is 2. The van der Waals surface area contributed by atoms with Gasteiger partial charge in [-0.2, -0.15) is 0 Å². The molecule has 0 amide bonds. The zero-order valence-corrected chi connectivity index (χ0v) is 36.4. The van der Waals surface area contributed by atoms with Crippen molar-refractivity contribution in [2.45, 2.75) is 53.8 Å². The fourth-order valence-electron chi connectivity index (χ4n) is 9.23. The fraction of sp³-hybridized carbons (Fsp3) is 0.158. The fourth-order valence-corrected chi connectivity index (χ4v) is 9.23. The van der Waals surface area contributed by atoms with Crippen molar-refractivity contribution in [2.75, 3.05) is 0 Å². The highest BCUT2D eigenvalue weighted by atomic mass is 16.5. The Morgan fingerprint density at radius 2 is 0.714 bits per heavy atom. The van der Waals surface area contributed by atoms with E-state index in [0.717, 1.165) is 65.9 Å². The zero-order valence-electron chi connectivity index (χ0n) is 36.4. The largest absolute Gasteiger partial charge is 0.505 e. The standard InChI is InChI=1S/C57H50N2O4/c1-35-31-45(55(60)51(33-35)58-47-25-13-7-19-39(47)40-20-8-14-26-48(40)58)43-23-11-17-29-53(43)62-37(3)57(5,6)38(4)63-54-30-18-12-24-44(54)46-32-36(2)34-52(56(46)61)59-49-27-15-9-21-41(49)42-22-10-16-28-50(42)59/h7-34,37-38,60-61H,1-6H3/t37-,38?/m1/s1. The Balaban J connectivity index is 0.969. The molecule has 8 aromatic carbocycles. The molecule has 2 aromatic heterocycles. The summed E-state index contributed by atoms with van der Waals surface area (Å²) in [6.07, 6.45) is -0.641. The molecule has 0 saturated heterocycles.